The van der Waals surface area contributed by atoms with E-state index in [0.717, 1.165) is 0 Å². The van der Waals surface area contributed by atoms with Crippen molar-refractivity contribution in [1.82, 2.24) is 0 Å². The third kappa shape index (κ3) is 7.74. The van der Waals surface area contributed by atoms with Crippen LogP contribution < -0.4 is 0 Å². The number of carbonyl (C=O) groups excluding carboxylic acids is 3. The van der Waals surface area contributed by atoms with Crippen LogP contribution >= 0.6 is 0 Å². The number of hydrogen-bond donors (Lipinski definition) is 0. The van der Waals surface area contributed by atoms with Crippen molar-refractivity contribution < 1.29 is 33.3 Å². The molecule has 0 bridgehead atoms. The Hall–Kier alpha value is -1.63. The highest BCUT2D eigenvalue weighted by Crippen LogP contribution is 1.88. The molecule has 0 spiro atoms. The molecule has 0 aliphatic rings. The minimum atomic E-state index is -1.07. The average molecular weight is 234 g/mol. The quantitative estimate of drug-likeness (QED) is 0.180. The van der Waals surface area contributed by atoms with E-state index in [1.54, 1.807) is 0 Å². The number of rotatable bonds is 8. The van der Waals surface area contributed by atoms with Crippen molar-refractivity contribution in [1.29, 1.82) is 0 Å². The number of hydrogen-bond acceptors (Lipinski definition) is 7. The number of carbonyl (C=O) groups is 3. The molecule has 92 valence electrons. The topological polar surface area (TPSA) is 88.1 Å². The zero-order valence-electron chi connectivity index (χ0n) is 8.97. The summed E-state index contributed by atoms with van der Waals surface area (Å²) < 4.78 is 18.0. The van der Waals surface area contributed by atoms with Crippen LogP contribution in [-0.4, -0.2) is 51.9 Å². The SMILES string of the molecule is COCCOC(=O)C(=O)OCCCOC=O. The molecule has 7 nitrogen and oxygen atoms in total. The van der Waals surface area contributed by atoms with Crippen molar-refractivity contribution in [3.05, 3.63) is 0 Å². The summed E-state index contributed by atoms with van der Waals surface area (Å²) in [5, 5.41) is 0. The van der Waals surface area contributed by atoms with Crippen molar-refractivity contribution in [3.8, 4) is 0 Å². The van der Waals surface area contributed by atoms with E-state index in [1.165, 1.54) is 7.11 Å². The van der Waals surface area contributed by atoms with E-state index in [1.807, 2.05) is 0 Å². The molecule has 16 heavy (non-hydrogen) atoms. The first kappa shape index (κ1) is 14.4. The lowest BCUT2D eigenvalue weighted by molar-refractivity contribution is -0.168. The van der Waals surface area contributed by atoms with Gasteiger partial charge in [-0.05, 0) is 0 Å². The van der Waals surface area contributed by atoms with E-state index in [4.69, 9.17) is 0 Å². The maximum absolute atomic E-state index is 10.9. The van der Waals surface area contributed by atoms with Gasteiger partial charge in [0.25, 0.3) is 6.47 Å². The zero-order valence-corrected chi connectivity index (χ0v) is 8.97. The highest BCUT2D eigenvalue weighted by molar-refractivity contribution is 6.29. The Morgan fingerprint density at radius 2 is 1.62 bits per heavy atom. The van der Waals surface area contributed by atoms with Crippen LogP contribution in [0.25, 0.3) is 0 Å². The van der Waals surface area contributed by atoms with Gasteiger partial charge in [0.15, 0.2) is 0 Å². The Balaban J connectivity index is 3.47. The first-order valence-corrected chi connectivity index (χ1v) is 4.60. The Kier molecular flexibility index (Phi) is 8.90. The van der Waals surface area contributed by atoms with Crippen molar-refractivity contribution in [2.24, 2.45) is 0 Å². The predicted molar refractivity (Wildman–Crippen MR) is 50.4 cm³/mol. The lowest BCUT2D eigenvalue weighted by atomic mass is 10.5. The van der Waals surface area contributed by atoms with E-state index in [-0.39, 0.29) is 26.4 Å². The van der Waals surface area contributed by atoms with Gasteiger partial charge in [0.05, 0.1) is 19.8 Å². The Morgan fingerprint density at radius 3 is 2.19 bits per heavy atom. The monoisotopic (exact) mass is 234 g/mol. The van der Waals surface area contributed by atoms with Gasteiger partial charge in [0.1, 0.15) is 6.61 Å². The summed E-state index contributed by atoms with van der Waals surface area (Å²) in [6.45, 7) is 0.632. The minimum absolute atomic E-state index is 0.00130. The van der Waals surface area contributed by atoms with Crippen molar-refractivity contribution >= 4 is 18.4 Å². The second-order valence-corrected chi connectivity index (χ2v) is 2.59. The fourth-order valence-electron chi connectivity index (χ4n) is 0.691. The molecule has 0 fully saturated rings. The van der Waals surface area contributed by atoms with E-state index < -0.39 is 11.9 Å². The van der Waals surface area contributed by atoms with Crippen LogP contribution in [0.15, 0.2) is 0 Å². The highest BCUT2D eigenvalue weighted by Gasteiger charge is 2.16. The second kappa shape index (κ2) is 9.91. The summed E-state index contributed by atoms with van der Waals surface area (Å²) in [4.78, 5) is 31.6. The number of esters is 2. The molecule has 0 aromatic rings. The Bertz CT molecular complexity index is 226. The van der Waals surface area contributed by atoms with Crippen molar-refractivity contribution in [2.75, 3.05) is 33.5 Å². The average Bonchev–Trinajstić information content (AvgIpc) is 2.28. The van der Waals surface area contributed by atoms with Crippen LogP contribution in [0.4, 0.5) is 0 Å². The molecule has 0 rings (SSSR count). The van der Waals surface area contributed by atoms with Gasteiger partial charge in [0.2, 0.25) is 0 Å². The van der Waals surface area contributed by atoms with E-state index in [2.05, 4.69) is 18.9 Å². The van der Waals surface area contributed by atoms with Crippen molar-refractivity contribution in [2.45, 2.75) is 6.42 Å². The lowest BCUT2D eigenvalue weighted by Crippen LogP contribution is -2.22. The first-order chi connectivity index (χ1) is 7.72. The van der Waals surface area contributed by atoms with Crippen LogP contribution in [0.1, 0.15) is 6.42 Å². The van der Waals surface area contributed by atoms with E-state index in [0.29, 0.717) is 12.9 Å². The molecule has 0 unspecified atom stereocenters. The summed E-state index contributed by atoms with van der Waals surface area (Å²) in [5.74, 6) is -2.13. The fourth-order valence-corrected chi connectivity index (χ4v) is 0.691. The molecular formula is C9H14O7. The molecule has 0 heterocycles. The molecule has 0 saturated heterocycles. The zero-order chi connectivity index (χ0) is 12.2. The van der Waals surface area contributed by atoms with Crippen LogP contribution in [-0.2, 0) is 33.3 Å². The summed E-state index contributed by atoms with van der Waals surface area (Å²) in [5.41, 5.74) is 0. The molecule has 0 N–H and O–H groups in total. The molecule has 0 saturated carbocycles. The van der Waals surface area contributed by atoms with Crippen LogP contribution in [0.3, 0.4) is 0 Å². The van der Waals surface area contributed by atoms with Gasteiger partial charge in [-0.2, -0.15) is 0 Å². The van der Waals surface area contributed by atoms with Gasteiger partial charge < -0.3 is 18.9 Å². The number of ether oxygens (including phenoxy) is 4. The number of methoxy groups -OCH3 is 1. The molecular weight excluding hydrogens is 220 g/mol. The molecule has 0 aliphatic heterocycles. The summed E-state index contributed by atoms with van der Waals surface area (Å²) in [6, 6.07) is 0. The maximum atomic E-state index is 10.9. The summed E-state index contributed by atoms with van der Waals surface area (Å²) in [6.07, 6.45) is 0.329. The fraction of sp³-hybridized carbons (Fsp3) is 0.667. The largest absolute Gasteiger partial charge is 0.468 e. The predicted octanol–water partition coefficient (Wildman–Crippen LogP) is -0.718. The van der Waals surface area contributed by atoms with Gasteiger partial charge in [-0.3, -0.25) is 4.79 Å². The standard InChI is InChI=1S/C9H14O7/c1-13-5-6-16-9(12)8(11)15-4-2-3-14-7-10/h7H,2-6H2,1H3. The smallest absolute Gasteiger partial charge is 0.417 e. The van der Waals surface area contributed by atoms with Crippen LogP contribution in [0.2, 0.25) is 0 Å². The van der Waals surface area contributed by atoms with Crippen LogP contribution in [0, 0.1) is 0 Å². The molecule has 0 aromatic carbocycles. The second-order valence-electron chi connectivity index (χ2n) is 2.59. The van der Waals surface area contributed by atoms with Gasteiger partial charge in [0, 0.05) is 13.5 Å². The van der Waals surface area contributed by atoms with Crippen molar-refractivity contribution in [3.63, 3.8) is 0 Å². The minimum Gasteiger partial charge on any atom is -0.468 e. The van der Waals surface area contributed by atoms with Gasteiger partial charge in [-0.1, -0.05) is 0 Å². The molecule has 0 radical (unpaired) electrons. The van der Waals surface area contributed by atoms with E-state index in [9.17, 15) is 14.4 Å². The molecule has 0 amide bonds. The molecule has 0 atom stereocenters. The van der Waals surface area contributed by atoms with Crippen LogP contribution in [0.5, 0.6) is 0 Å². The third-order valence-electron chi connectivity index (χ3n) is 1.40. The van der Waals surface area contributed by atoms with Gasteiger partial charge in [-0.15, -0.1) is 0 Å². The normalized spacial score (nSPS) is 9.31. The molecule has 0 aliphatic carbocycles. The Morgan fingerprint density at radius 1 is 1.00 bits per heavy atom. The van der Waals surface area contributed by atoms with E-state index >= 15 is 0 Å². The maximum Gasteiger partial charge on any atom is 0.417 e. The first-order valence-electron chi connectivity index (χ1n) is 4.60. The highest BCUT2D eigenvalue weighted by atomic mass is 16.6. The molecule has 0 aromatic heterocycles. The molecule has 7 heteroatoms. The van der Waals surface area contributed by atoms with Gasteiger partial charge >= 0.3 is 11.9 Å². The van der Waals surface area contributed by atoms with Gasteiger partial charge in [-0.25, -0.2) is 9.59 Å². The third-order valence-corrected chi connectivity index (χ3v) is 1.40. The summed E-state index contributed by atoms with van der Waals surface area (Å²) >= 11 is 0. The lowest BCUT2D eigenvalue weighted by Gasteiger charge is -2.04. The summed E-state index contributed by atoms with van der Waals surface area (Å²) in [7, 11) is 1.44. The Labute approximate surface area is 92.6 Å².